The zero-order valence-corrected chi connectivity index (χ0v) is 11.7. The van der Waals surface area contributed by atoms with Crippen LogP contribution in [0, 0.1) is 10.1 Å². The highest BCUT2D eigenvalue weighted by Crippen LogP contribution is 2.24. The molecule has 5 nitrogen and oxygen atoms in total. The lowest BCUT2D eigenvalue weighted by Crippen LogP contribution is -2.14. The minimum Gasteiger partial charge on any atom is -0.378 e. The number of ketones is 1. The Morgan fingerprint density at radius 3 is 2.29 bits per heavy atom. The number of para-hydroxylation sites is 1. The topological polar surface area (TPSA) is 72.2 Å². The first kappa shape index (κ1) is 14.7. The van der Waals surface area contributed by atoms with Crippen LogP contribution in [-0.4, -0.2) is 10.7 Å². The summed E-state index contributed by atoms with van der Waals surface area (Å²) in [6, 6.07) is 15.6. The normalized spacial score (nSPS) is 11.7. The molecule has 0 saturated heterocycles. The van der Waals surface area contributed by atoms with Gasteiger partial charge in [-0.1, -0.05) is 30.3 Å². The summed E-state index contributed by atoms with van der Waals surface area (Å²) >= 11 is 0. The van der Waals surface area contributed by atoms with Crippen molar-refractivity contribution in [2.24, 2.45) is 0 Å². The van der Waals surface area contributed by atoms with E-state index < -0.39 is 4.92 Å². The fraction of sp³-hybridized carbons (Fsp3) is 0.188. The minimum absolute atomic E-state index is 0.0417. The van der Waals surface area contributed by atoms with E-state index in [1.807, 2.05) is 30.3 Å². The molecule has 0 spiro atoms. The Kier molecular flexibility index (Phi) is 4.66. The van der Waals surface area contributed by atoms with Gasteiger partial charge in [0.1, 0.15) is 5.78 Å². The van der Waals surface area contributed by atoms with Crippen LogP contribution in [0.4, 0.5) is 11.4 Å². The lowest BCUT2D eigenvalue weighted by molar-refractivity contribution is -0.384. The van der Waals surface area contributed by atoms with Crippen LogP contribution in [0.15, 0.2) is 54.6 Å². The third kappa shape index (κ3) is 4.14. The molecule has 0 bridgehead atoms. The largest absolute Gasteiger partial charge is 0.378 e. The summed E-state index contributed by atoms with van der Waals surface area (Å²) < 4.78 is 0. The van der Waals surface area contributed by atoms with E-state index in [0.717, 1.165) is 11.3 Å². The molecule has 1 atom stereocenters. The molecule has 0 fully saturated rings. The molecule has 2 rings (SSSR count). The Labute approximate surface area is 122 Å². The van der Waals surface area contributed by atoms with Crippen molar-refractivity contribution in [1.82, 2.24) is 0 Å². The van der Waals surface area contributed by atoms with Crippen LogP contribution in [0.3, 0.4) is 0 Å². The molecule has 0 amide bonds. The summed E-state index contributed by atoms with van der Waals surface area (Å²) in [5.74, 6) is 0.0572. The highest BCUT2D eigenvalue weighted by atomic mass is 16.6. The number of nitrogens with zero attached hydrogens (tertiary/aromatic N) is 1. The standard InChI is InChI=1S/C16H16N2O3/c1-12(19)11-16(17-14-5-3-2-4-6-14)13-7-9-15(10-8-13)18(20)21/h2-10,16-17H,11H2,1H3/t16-/m0/s1. The molecule has 2 aromatic carbocycles. The van der Waals surface area contributed by atoms with Gasteiger partial charge in [0.25, 0.3) is 5.69 Å². The van der Waals surface area contributed by atoms with Gasteiger partial charge >= 0.3 is 0 Å². The van der Waals surface area contributed by atoms with E-state index in [1.165, 1.54) is 19.1 Å². The van der Waals surface area contributed by atoms with Gasteiger partial charge in [0.05, 0.1) is 11.0 Å². The number of Topliss-reactive ketones (excluding diaryl/α,β-unsaturated/α-hetero) is 1. The van der Waals surface area contributed by atoms with Crippen LogP contribution in [-0.2, 0) is 4.79 Å². The third-order valence-corrected chi connectivity index (χ3v) is 3.11. The zero-order valence-electron chi connectivity index (χ0n) is 11.7. The Morgan fingerprint density at radius 2 is 1.76 bits per heavy atom. The van der Waals surface area contributed by atoms with E-state index in [9.17, 15) is 14.9 Å². The van der Waals surface area contributed by atoms with Crippen molar-refractivity contribution < 1.29 is 9.72 Å². The van der Waals surface area contributed by atoms with E-state index in [4.69, 9.17) is 0 Å². The van der Waals surface area contributed by atoms with Gasteiger partial charge in [-0.2, -0.15) is 0 Å². The van der Waals surface area contributed by atoms with Gasteiger partial charge in [-0.25, -0.2) is 0 Å². The predicted molar refractivity (Wildman–Crippen MR) is 81.2 cm³/mol. The first-order chi connectivity index (χ1) is 10.1. The summed E-state index contributed by atoms with van der Waals surface area (Å²) in [4.78, 5) is 21.7. The fourth-order valence-corrected chi connectivity index (χ4v) is 2.10. The molecule has 5 heteroatoms. The molecule has 0 unspecified atom stereocenters. The monoisotopic (exact) mass is 284 g/mol. The van der Waals surface area contributed by atoms with Gasteiger partial charge in [-0.15, -0.1) is 0 Å². The number of hydrogen-bond donors (Lipinski definition) is 1. The summed E-state index contributed by atoms with van der Waals surface area (Å²) in [5, 5.41) is 14.0. The number of carbonyl (C=O) groups is 1. The Morgan fingerprint density at radius 1 is 1.14 bits per heavy atom. The van der Waals surface area contributed by atoms with Crippen molar-refractivity contribution in [3.63, 3.8) is 0 Å². The van der Waals surface area contributed by atoms with Crippen molar-refractivity contribution in [2.45, 2.75) is 19.4 Å². The van der Waals surface area contributed by atoms with Crippen molar-refractivity contribution in [1.29, 1.82) is 0 Å². The maximum Gasteiger partial charge on any atom is 0.269 e. The lowest BCUT2D eigenvalue weighted by Gasteiger charge is -2.19. The Bertz CT molecular complexity index is 624. The molecule has 21 heavy (non-hydrogen) atoms. The quantitative estimate of drug-likeness (QED) is 0.648. The second-order valence-electron chi connectivity index (χ2n) is 4.82. The van der Waals surface area contributed by atoms with Crippen LogP contribution in [0.25, 0.3) is 0 Å². The lowest BCUT2D eigenvalue weighted by atomic mass is 10.0. The summed E-state index contributed by atoms with van der Waals surface area (Å²) in [5.41, 5.74) is 1.79. The molecule has 0 aromatic heterocycles. The first-order valence-corrected chi connectivity index (χ1v) is 6.61. The molecular weight excluding hydrogens is 268 g/mol. The molecule has 2 aromatic rings. The van der Waals surface area contributed by atoms with Gasteiger partial charge in [-0.05, 0) is 24.6 Å². The van der Waals surface area contributed by atoms with E-state index >= 15 is 0 Å². The van der Waals surface area contributed by atoms with Crippen LogP contribution >= 0.6 is 0 Å². The van der Waals surface area contributed by atoms with Gasteiger partial charge < -0.3 is 5.32 Å². The number of hydrogen-bond acceptors (Lipinski definition) is 4. The van der Waals surface area contributed by atoms with Crippen molar-refractivity contribution in [3.8, 4) is 0 Å². The minimum atomic E-state index is -0.436. The number of nitro benzene ring substituents is 1. The molecule has 0 heterocycles. The van der Waals surface area contributed by atoms with Crippen LogP contribution in [0.5, 0.6) is 0 Å². The third-order valence-electron chi connectivity index (χ3n) is 3.11. The highest BCUT2D eigenvalue weighted by molar-refractivity contribution is 5.77. The molecule has 0 aliphatic rings. The smallest absolute Gasteiger partial charge is 0.269 e. The first-order valence-electron chi connectivity index (χ1n) is 6.61. The second kappa shape index (κ2) is 6.65. The number of non-ortho nitro benzene ring substituents is 1. The SMILES string of the molecule is CC(=O)C[C@H](Nc1ccccc1)c1ccc([N+](=O)[O-])cc1. The van der Waals surface area contributed by atoms with Gasteiger partial charge in [0.2, 0.25) is 0 Å². The van der Waals surface area contributed by atoms with Crippen LogP contribution in [0.2, 0.25) is 0 Å². The summed E-state index contributed by atoms with van der Waals surface area (Å²) in [6.45, 7) is 1.53. The molecule has 108 valence electrons. The van der Waals surface area contributed by atoms with Gasteiger partial charge in [-0.3, -0.25) is 14.9 Å². The van der Waals surface area contributed by atoms with E-state index in [0.29, 0.717) is 6.42 Å². The van der Waals surface area contributed by atoms with Crippen molar-refractivity contribution >= 4 is 17.2 Å². The van der Waals surface area contributed by atoms with E-state index in [2.05, 4.69) is 5.32 Å². The summed E-state index contributed by atoms with van der Waals surface area (Å²) in [6.07, 6.45) is 0.326. The number of nitro groups is 1. The maximum atomic E-state index is 11.4. The molecule has 0 aliphatic carbocycles. The number of rotatable bonds is 6. The van der Waals surface area contributed by atoms with E-state index in [-0.39, 0.29) is 17.5 Å². The van der Waals surface area contributed by atoms with Crippen LogP contribution < -0.4 is 5.32 Å². The number of nitrogens with one attached hydrogen (secondary N) is 1. The highest BCUT2D eigenvalue weighted by Gasteiger charge is 2.15. The molecular formula is C16H16N2O3. The average Bonchev–Trinajstić information content (AvgIpc) is 2.47. The average molecular weight is 284 g/mol. The second-order valence-corrected chi connectivity index (χ2v) is 4.82. The van der Waals surface area contributed by atoms with Crippen LogP contribution in [0.1, 0.15) is 24.9 Å². The number of benzene rings is 2. The molecule has 0 saturated carbocycles. The molecule has 0 aliphatic heterocycles. The fourth-order valence-electron chi connectivity index (χ4n) is 2.10. The van der Waals surface area contributed by atoms with Crippen molar-refractivity contribution in [3.05, 3.63) is 70.3 Å². The number of anilines is 1. The zero-order chi connectivity index (χ0) is 15.2. The predicted octanol–water partition coefficient (Wildman–Crippen LogP) is 3.73. The van der Waals surface area contributed by atoms with Gasteiger partial charge in [0.15, 0.2) is 0 Å². The van der Waals surface area contributed by atoms with Gasteiger partial charge in [0, 0.05) is 24.2 Å². The number of carbonyl (C=O) groups excluding carboxylic acids is 1. The Hall–Kier alpha value is -2.69. The van der Waals surface area contributed by atoms with E-state index in [1.54, 1.807) is 12.1 Å². The summed E-state index contributed by atoms with van der Waals surface area (Å²) in [7, 11) is 0. The molecule has 1 N–H and O–H groups in total. The van der Waals surface area contributed by atoms with Crippen molar-refractivity contribution in [2.75, 3.05) is 5.32 Å². The maximum absolute atomic E-state index is 11.4. The molecule has 0 radical (unpaired) electrons. The Balaban J connectivity index is 2.22.